The zero-order chi connectivity index (χ0) is 17.3. The molecule has 0 fully saturated rings. The number of thiazole rings is 1. The third-order valence-corrected chi connectivity index (χ3v) is 4.50. The van der Waals surface area contributed by atoms with Crippen molar-refractivity contribution < 1.29 is 9.53 Å². The molecule has 0 spiro atoms. The van der Waals surface area contributed by atoms with E-state index in [1.165, 1.54) is 11.3 Å². The molecule has 0 aliphatic carbocycles. The number of halogens is 1. The molecular weight excluding hydrogens is 344 g/mol. The van der Waals surface area contributed by atoms with Crippen molar-refractivity contribution in [2.75, 3.05) is 5.32 Å². The Morgan fingerprint density at radius 2 is 1.96 bits per heavy atom. The Labute approximate surface area is 149 Å². The van der Waals surface area contributed by atoms with Gasteiger partial charge < -0.3 is 4.74 Å². The van der Waals surface area contributed by atoms with Crippen LogP contribution in [0, 0.1) is 6.92 Å². The summed E-state index contributed by atoms with van der Waals surface area (Å²) in [5.41, 5.74) is 2.41. The zero-order valence-corrected chi connectivity index (χ0v) is 15.2. The molecule has 6 heteroatoms. The lowest BCUT2D eigenvalue weighted by Crippen LogP contribution is -2.12. The Bertz CT molecular complexity index is 888. The summed E-state index contributed by atoms with van der Waals surface area (Å²) in [6, 6.07) is 10.8. The smallest absolute Gasteiger partial charge is 0.257 e. The van der Waals surface area contributed by atoms with E-state index < -0.39 is 0 Å². The first-order valence-corrected chi connectivity index (χ1v) is 8.76. The first kappa shape index (κ1) is 16.7. The standard InChI is InChI=1S/C18H17ClN2O2S/c1-10(2)23-14-6-4-12(5-7-14)17(22)21-18-20-16-11(3)8-13(19)9-15(16)24-18/h4-10H,1-3H3,(H,20,21,22). The van der Waals surface area contributed by atoms with Crippen molar-refractivity contribution in [1.82, 2.24) is 4.98 Å². The molecule has 24 heavy (non-hydrogen) atoms. The fraction of sp³-hybridized carbons (Fsp3) is 0.222. The molecule has 0 atom stereocenters. The van der Waals surface area contributed by atoms with Crippen LogP contribution in [-0.2, 0) is 0 Å². The Morgan fingerprint density at radius 3 is 2.62 bits per heavy atom. The third kappa shape index (κ3) is 3.68. The van der Waals surface area contributed by atoms with Crippen LogP contribution >= 0.6 is 22.9 Å². The molecule has 0 aliphatic rings. The highest BCUT2D eigenvalue weighted by atomic mass is 35.5. The first-order chi connectivity index (χ1) is 11.4. The van der Waals surface area contributed by atoms with Gasteiger partial charge in [0.25, 0.3) is 5.91 Å². The number of aromatic nitrogens is 1. The number of rotatable bonds is 4. The average molecular weight is 361 g/mol. The SMILES string of the molecule is Cc1cc(Cl)cc2sc(NC(=O)c3ccc(OC(C)C)cc3)nc12. The van der Waals surface area contributed by atoms with Crippen molar-refractivity contribution in [3.8, 4) is 5.75 Å². The van der Waals surface area contributed by atoms with E-state index in [1.807, 2.05) is 32.9 Å². The molecule has 3 rings (SSSR count). The molecule has 0 aliphatic heterocycles. The highest BCUT2D eigenvalue weighted by molar-refractivity contribution is 7.22. The number of fused-ring (bicyclic) bond motifs is 1. The summed E-state index contributed by atoms with van der Waals surface area (Å²) >= 11 is 7.47. The zero-order valence-electron chi connectivity index (χ0n) is 13.6. The van der Waals surface area contributed by atoms with Crippen molar-refractivity contribution in [2.45, 2.75) is 26.9 Å². The normalized spacial score (nSPS) is 11.0. The largest absolute Gasteiger partial charge is 0.491 e. The summed E-state index contributed by atoms with van der Waals surface area (Å²) in [7, 11) is 0. The van der Waals surface area contributed by atoms with Gasteiger partial charge in [-0.2, -0.15) is 0 Å². The predicted octanol–water partition coefficient (Wildman–Crippen LogP) is 5.30. The lowest BCUT2D eigenvalue weighted by molar-refractivity contribution is 0.102. The van der Waals surface area contributed by atoms with Crippen LogP contribution in [0.2, 0.25) is 5.02 Å². The Hall–Kier alpha value is -2.11. The van der Waals surface area contributed by atoms with E-state index in [4.69, 9.17) is 16.3 Å². The van der Waals surface area contributed by atoms with E-state index in [-0.39, 0.29) is 12.0 Å². The molecule has 1 aromatic heterocycles. The van der Waals surface area contributed by atoms with Crippen LogP contribution in [0.15, 0.2) is 36.4 Å². The molecule has 1 heterocycles. The van der Waals surface area contributed by atoms with Gasteiger partial charge in [0, 0.05) is 10.6 Å². The van der Waals surface area contributed by atoms with Gasteiger partial charge in [0.15, 0.2) is 5.13 Å². The lowest BCUT2D eigenvalue weighted by atomic mass is 10.2. The molecule has 1 N–H and O–H groups in total. The number of nitrogens with one attached hydrogen (secondary N) is 1. The van der Waals surface area contributed by atoms with Gasteiger partial charge in [0.2, 0.25) is 0 Å². The van der Waals surface area contributed by atoms with E-state index in [0.717, 1.165) is 21.5 Å². The fourth-order valence-electron chi connectivity index (χ4n) is 2.33. The van der Waals surface area contributed by atoms with E-state index in [1.54, 1.807) is 24.3 Å². The number of aryl methyl sites for hydroxylation is 1. The number of carbonyl (C=O) groups is 1. The molecule has 0 radical (unpaired) electrons. The molecule has 3 aromatic rings. The van der Waals surface area contributed by atoms with Gasteiger partial charge in [0.05, 0.1) is 16.3 Å². The molecule has 1 amide bonds. The molecule has 0 bridgehead atoms. The van der Waals surface area contributed by atoms with Crippen LogP contribution in [0.25, 0.3) is 10.2 Å². The van der Waals surface area contributed by atoms with Crippen LogP contribution in [0.1, 0.15) is 29.8 Å². The second-order valence-corrected chi connectivity index (χ2v) is 7.20. The summed E-state index contributed by atoms with van der Waals surface area (Å²) < 4.78 is 6.53. The van der Waals surface area contributed by atoms with Crippen LogP contribution in [0.5, 0.6) is 5.75 Å². The minimum Gasteiger partial charge on any atom is -0.491 e. The van der Waals surface area contributed by atoms with Crippen LogP contribution in [0.4, 0.5) is 5.13 Å². The van der Waals surface area contributed by atoms with Crippen LogP contribution in [-0.4, -0.2) is 17.0 Å². The van der Waals surface area contributed by atoms with Crippen molar-refractivity contribution >= 4 is 44.2 Å². The van der Waals surface area contributed by atoms with E-state index in [0.29, 0.717) is 15.7 Å². The molecule has 0 unspecified atom stereocenters. The molecule has 2 aromatic carbocycles. The maximum absolute atomic E-state index is 12.4. The maximum Gasteiger partial charge on any atom is 0.257 e. The number of carbonyl (C=O) groups excluding carboxylic acids is 1. The topological polar surface area (TPSA) is 51.2 Å². The van der Waals surface area contributed by atoms with Gasteiger partial charge in [-0.05, 0) is 62.7 Å². The number of ether oxygens (including phenoxy) is 1. The minimum atomic E-state index is -0.200. The van der Waals surface area contributed by atoms with Crippen molar-refractivity contribution in [3.05, 3.63) is 52.5 Å². The summed E-state index contributed by atoms with van der Waals surface area (Å²) in [4.78, 5) is 16.8. The summed E-state index contributed by atoms with van der Waals surface area (Å²) in [6.07, 6.45) is 0.0995. The summed E-state index contributed by atoms with van der Waals surface area (Å²) in [6.45, 7) is 5.87. The average Bonchev–Trinajstić information content (AvgIpc) is 2.90. The Morgan fingerprint density at radius 1 is 1.25 bits per heavy atom. The molecular formula is C18H17ClN2O2S. The van der Waals surface area contributed by atoms with Crippen LogP contribution in [0.3, 0.4) is 0 Å². The highest BCUT2D eigenvalue weighted by Crippen LogP contribution is 2.31. The number of nitrogens with zero attached hydrogens (tertiary/aromatic N) is 1. The molecule has 4 nitrogen and oxygen atoms in total. The van der Waals surface area contributed by atoms with Crippen molar-refractivity contribution in [1.29, 1.82) is 0 Å². The number of benzene rings is 2. The monoisotopic (exact) mass is 360 g/mol. The maximum atomic E-state index is 12.4. The summed E-state index contributed by atoms with van der Waals surface area (Å²) in [5.74, 6) is 0.542. The highest BCUT2D eigenvalue weighted by Gasteiger charge is 2.12. The molecule has 0 saturated carbocycles. The Kier molecular flexibility index (Phi) is 4.73. The second kappa shape index (κ2) is 6.79. The van der Waals surface area contributed by atoms with Gasteiger partial charge in [-0.3, -0.25) is 10.1 Å². The van der Waals surface area contributed by atoms with Gasteiger partial charge in [-0.25, -0.2) is 4.98 Å². The van der Waals surface area contributed by atoms with Gasteiger partial charge in [-0.1, -0.05) is 22.9 Å². The third-order valence-electron chi connectivity index (χ3n) is 3.36. The van der Waals surface area contributed by atoms with E-state index >= 15 is 0 Å². The number of anilines is 1. The Balaban J connectivity index is 1.78. The van der Waals surface area contributed by atoms with E-state index in [2.05, 4.69) is 10.3 Å². The van der Waals surface area contributed by atoms with Gasteiger partial charge in [0.1, 0.15) is 5.75 Å². The second-order valence-electron chi connectivity index (χ2n) is 5.73. The lowest BCUT2D eigenvalue weighted by Gasteiger charge is -2.09. The first-order valence-electron chi connectivity index (χ1n) is 7.57. The van der Waals surface area contributed by atoms with Crippen molar-refractivity contribution in [3.63, 3.8) is 0 Å². The van der Waals surface area contributed by atoms with E-state index in [9.17, 15) is 4.79 Å². The van der Waals surface area contributed by atoms with Crippen LogP contribution < -0.4 is 10.1 Å². The quantitative estimate of drug-likeness (QED) is 0.687. The van der Waals surface area contributed by atoms with Crippen molar-refractivity contribution in [2.24, 2.45) is 0 Å². The predicted molar refractivity (Wildman–Crippen MR) is 99.5 cm³/mol. The minimum absolute atomic E-state index is 0.0995. The number of hydrogen-bond donors (Lipinski definition) is 1. The van der Waals surface area contributed by atoms with Gasteiger partial charge in [-0.15, -0.1) is 0 Å². The summed E-state index contributed by atoms with van der Waals surface area (Å²) in [5, 5.41) is 4.07. The fourth-order valence-corrected chi connectivity index (χ4v) is 3.65. The number of amides is 1. The number of hydrogen-bond acceptors (Lipinski definition) is 4. The molecule has 124 valence electrons. The van der Waals surface area contributed by atoms with Gasteiger partial charge >= 0.3 is 0 Å². The molecule has 0 saturated heterocycles.